The summed E-state index contributed by atoms with van der Waals surface area (Å²) in [6.07, 6.45) is 1.79. The fourth-order valence-corrected chi connectivity index (χ4v) is 3.03. The topological polar surface area (TPSA) is 85.1 Å². The number of aromatic nitrogens is 1. The van der Waals surface area contributed by atoms with Gasteiger partial charge in [-0.3, -0.25) is 20.2 Å². The number of benzene rings is 2. The zero-order chi connectivity index (χ0) is 17.1. The average Bonchev–Trinajstić information content (AvgIpc) is 2.96. The van der Waals surface area contributed by atoms with Gasteiger partial charge in [0.05, 0.1) is 15.1 Å². The van der Waals surface area contributed by atoms with Crippen LogP contribution < -0.4 is 5.32 Å². The minimum atomic E-state index is -0.454. The molecule has 0 aliphatic heterocycles. The normalized spacial score (nSPS) is 11.5. The van der Waals surface area contributed by atoms with Gasteiger partial charge >= 0.3 is 0 Å². The molecule has 3 rings (SSSR count). The monoisotopic (exact) mass is 339 g/mol. The predicted octanol–water partition coefficient (Wildman–Crippen LogP) is 4.25. The van der Waals surface area contributed by atoms with Crippen LogP contribution in [0.15, 0.2) is 54.1 Å². The van der Waals surface area contributed by atoms with Crippen LogP contribution in [0.2, 0.25) is 0 Å². The number of fused-ring (bicyclic) bond motifs is 1. The number of carbonyl (C=O) groups excluding carboxylic acids is 1. The molecule has 1 aromatic heterocycles. The number of non-ortho nitro benzene ring substituents is 1. The smallest absolute Gasteiger partial charge is 0.270 e. The number of nitro benzene ring substituents is 1. The summed E-state index contributed by atoms with van der Waals surface area (Å²) in [6, 6.07) is 14.0. The van der Waals surface area contributed by atoms with Crippen LogP contribution in [0, 0.1) is 10.1 Å². The van der Waals surface area contributed by atoms with E-state index in [1.54, 1.807) is 19.1 Å². The molecule has 24 heavy (non-hydrogen) atoms. The van der Waals surface area contributed by atoms with Gasteiger partial charge in [-0.2, -0.15) is 0 Å². The lowest BCUT2D eigenvalue weighted by atomic mass is 10.1. The highest BCUT2D eigenvalue weighted by Gasteiger charge is 2.12. The summed E-state index contributed by atoms with van der Waals surface area (Å²) in [5, 5.41) is 13.9. The second kappa shape index (κ2) is 6.59. The number of nitro groups is 1. The standard InChI is InChI=1S/C17H13N3O3S/c1-11(9-12-5-3-2-4-6-12)16(21)19-17-18-14-8-7-13(20(22)23)10-15(14)24-17/h2-10H,1H3,(H,18,19,21)/b11-9+. The molecule has 0 radical (unpaired) electrons. The molecule has 0 unspecified atom stereocenters. The van der Waals surface area contributed by atoms with Gasteiger partial charge in [-0.1, -0.05) is 41.7 Å². The van der Waals surface area contributed by atoms with Gasteiger partial charge < -0.3 is 0 Å². The van der Waals surface area contributed by atoms with Crippen molar-refractivity contribution in [2.45, 2.75) is 6.92 Å². The van der Waals surface area contributed by atoms with Gasteiger partial charge in [-0.25, -0.2) is 4.98 Å². The number of amides is 1. The first-order valence-corrected chi connectivity index (χ1v) is 7.94. The summed E-state index contributed by atoms with van der Waals surface area (Å²) >= 11 is 1.21. The fourth-order valence-electron chi connectivity index (χ4n) is 2.14. The van der Waals surface area contributed by atoms with Crippen LogP contribution in [0.4, 0.5) is 10.8 Å². The molecule has 3 aromatic rings. The summed E-state index contributed by atoms with van der Waals surface area (Å²) in [5.41, 5.74) is 2.10. The zero-order valence-corrected chi connectivity index (χ0v) is 13.5. The largest absolute Gasteiger partial charge is 0.298 e. The van der Waals surface area contributed by atoms with Crippen LogP contribution in [0.25, 0.3) is 16.3 Å². The van der Waals surface area contributed by atoms with Crippen LogP contribution in [-0.4, -0.2) is 15.8 Å². The van der Waals surface area contributed by atoms with Crippen LogP contribution in [0.3, 0.4) is 0 Å². The number of hydrogen-bond acceptors (Lipinski definition) is 5. The van der Waals surface area contributed by atoms with Crippen molar-refractivity contribution in [3.05, 3.63) is 69.8 Å². The molecule has 0 fully saturated rings. The first kappa shape index (κ1) is 15.8. The molecule has 120 valence electrons. The van der Waals surface area contributed by atoms with Crippen molar-refractivity contribution in [2.24, 2.45) is 0 Å². The van der Waals surface area contributed by atoms with E-state index in [1.807, 2.05) is 30.3 Å². The molecule has 0 spiro atoms. The SMILES string of the molecule is C/C(=C\c1ccccc1)C(=O)Nc1nc2ccc([N+](=O)[O-])cc2s1. The van der Waals surface area contributed by atoms with E-state index in [0.717, 1.165) is 5.56 Å². The number of nitrogens with one attached hydrogen (secondary N) is 1. The van der Waals surface area contributed by atoms with Gasteiger partial charge in [0.15, 0.2) is 5.13 Å². The predicted molar refractivity (Wildman–Crippen MR) is 95.0 cm³/mol. The van der Waals surface area contributed by atoms with Crippen molar-refractivity contribution in [2.75, 3.05) is 5.32 Å². The lowest BCUT2D eigenvalue weighted by molar-refractivity contribution is -0.384. The molecule has 7 heteroatoms. The molecule has 0 saturated carbocycles. The van der Waals surface area contributed by atoms with E-state index >= 15 is 0 Å². The molecule has 1 amide bonds. The molecule has 0 saturated heterocycles. The third-order valence-corrected chi connectivity index (χ3v) is 4.28. The van der Waals surface area contributed by atoms with Crippen molar-refractivity contribution in [3.8, 4) is 0 Å². The molecule has 0 bridgehead atoms. The molecule has 0 aliphatic carbocycles. The third-order valence-electron chi connectivity index (χ3n) is 3.34. The number of rotatable bonds is 4. The van der Waals surface area contributed by atoms with Crippen molar-refractivity contribution in [1.29, 1.82) is 0 Å². The summed E-state index contributed by atoms with van der Waals surface area (Å²) in [4.78, 5) is 26.9. The van der Waals surface area contributed by atoms with Crippen molar-refractivity contribution < 1.29 is 9.72 Å². The van der Waals surface area contributed by atoms with Gasteiger partial charge in [0.1, 0.15) is 0 Å². The first-order chi connectivity index (χ1) is 11.5. The minimum Gasteiger partial charge on any atom is -0.298 e. The summed E-state index contributed by atoms with van der Waals surface area (Å²) in [6.45, 7) is 1.72. The van der Waals surface area contributed by atoms with Crippen LogP contribution in [0.5, 0.6) is 0 Å². The highest BCUT2D eigenvalue weighted by molar-refractivity contribution is 7.22. The Morgan fingerprint density at radius 3 is 2.71 bits per heavy atom. The third kappa shape index (κ3) is 3.47. The Bertz CT molecular complexity index is 948. The van der Waals surface area contributed by atoms with E-state index in [4.69, 9.17) is 0 Å². The molecule has 0 aliphatic rings. The van der Waals surface area contributed by atoms with Crippen LogP contribution in [-0.2, 0) is 4.79 Å². The molecule has 1 N–H and O–H groups in total. The van der Waals surface area contributed by atoms with Gasteiger partial charge in [0, 0.05) is 17.7 Å². The van der Waals surface area contributed by atoms with E-state index in [9.17, 15) is 14.9 Å². The van der Waals surface area contributed by atoms with Gasteiger partial charge in [-0.05, 0) is 24.6 Å². The van der Waals surface area contributed by atoms with Crippen LogP contribution in [0.1, 0.15) is 12.5 Å². The number of nitrogens with zero attached hydrogens (tertiary/aromatic N) is 2. The summed E-state index contributed by atoms with van der Waals surface area (Å²) in [7, 11) is 0. The lowest BCUT2D eigenvalue weighted by Crippen LogP contribution is -2.12. The molecule has 6 nitrogen and oxygen atoms in total. The fraction of sp³-hybridized carbons (Fsp3) is 0.0588. The average molecular weight is 339 g/mol. The Morgan fingerprint density at radius 1 is 1.25 bits per heavy atom. The molecular formula is C17H13N3O3S. The van der Waals surface area contributed by atoms with Crippen molar-refractivity contribution >= 4 is 44.4 Å². The van der Waals surface area contributed by atoms with E-state index < -0.39 is 4.92 Å². The highest BCUT2D eigenvalue weighted by atomic mass is 32.1. The number of thiazole rings is 1. The Hall–Kier alpha value is -3.06. The Balaban J connectivity index is 1.80. The van der Waals surface area contributed by atoms with Gasteiger partial charge in [-0.15, -0.1) is 0 Å². The summed E-state index contributed by atoms with van der Waals surface area (Å²) < 4.78 is 0.657. The minimum absolute atomic E-state index is 0.00387. The molecule has 1 heterocycles. The Labute approximate surface area is 141 Å². The molecule has 2 aromatic carbocycles. The van der Waals surface area contributed by atoms with E-state index in [0.29, 0.717) is 20.9 Å². The van der Waals surface area contributed by atoms with Crippen LogP contribution >= 0.6 is 11.3 Å². The van der Waals surface area contributed by atoms with Crippen molar-refractivity contribution in [3.63, 3.8) is 0 Å². The van der Waals surface area contributed by atoms with Gasteiger partial charge in [0.25, 0.3) is 11.6 Å². The lowest BCUT2D eigenvalue weighted by Gasteiger charge is -2.01. The number of hydrogen-bond donors (Lipinski definition) is 1. The van der Waals surface area contributed by atoms with E-state index in [-0.39, 0.29) is 11.6 Å². The van der Waals surface area contributed by atoms with E-state index in [1.165, 1.54) is 23.5 Å². The Morgan fingerprint density at radius 2 is 2.00 bits per heavy atom. The second-order valence-corrected chi connectivity index (χ2v) is 6.15. The zero-order valence-electron chi connectivity index (χ0n) is 12.7. The first-order valence-electron chi connectivity index (χ1n) is 7.12. The van der Waals surface area contributed by atoms with Crippen molar-refractivity contribution in [1.82, 2.24) is 4.98 Å². The quantitative estimate of drug-likeness (QED) is 0.437. The number of carbonyl (C=O) groups is 1. The molecular weight excluding hydrogens is 326 g/mol. The second-order valence-electron chi connectivity index (χ2n) is 5.12. The Kier molecular flexibility index (Phi) is 4.35. The highest BCUT2D eigenvalue weighted by Crippen LogP contribution is 2.29. The van der Waals surface area contributed by atoms with E-state index in [2.05, 4.69) is 10.3 Å². The maximum atomic E-state index is 12.2. The maximum Gasteiger partial charge on any atom is 0.270 e. The summed E-state index contributed by atoms with van der Waals surface area (Å²) in [5.74, 6) is -0.257. The molecule has 0 atom stereocenters. The van der Waals surface area contributed by atoms with Gasteiger partial charge in [0.2, 0.25) is 0 Å². The maximum absolute atomic E-state index is 12.2. The number of anilines is 1.